The molecule has 2 saturated heterocycles. The van der Waals surface area contributed by atoms with Gasteiger partial charge >= 0.3 is 0 Å². The molecule has 0 aromatic carbocycles. The van der Waals surface area contributed by atoms with E-state index in [-0.39, 0.29) is 0 Å². The highest BCUT2D eigenvalue weighted by atomic mass is 127. The molecular formula is C24H24IN7S. The number of nitrogens with two attached hydrogens (primary N) is 1. The third-order valence-corrected chi connectivity index (χ3v) is 9.68. The molecule has 0 amide bonds. The number of nitrogen functional groups attached to an aromatic ring is 1. The quantitative estimate of drug-likeness (QED) is 0.351. The van der Waals surface area contributed by atoms with Crippen LogP contribution in [0.4, 0.5) is 5.82 Å². The molecule has 7 nitrogen and oxygen atoms in total. The second-order valence-electron chi connectivity index (χ2n) is 9.47. The summed E-state index contributed by atoms with van der Waals surface area (Å²) in [6, 6.07) is 5.38. The van der Waals surface area contributed by atoms with Gasteiger partial charge in [-0.05, 0) is 73.6 Å². The molecular weight excluding hydrogens is 545 g/mol. The van der Waals surface area contributed by atoms with Crippen LogP contribution in [0.2, 0.25) is 0 Å². The number of thiazole rings is 1. The maximum Gasteiger partial charge on any atom is 0.165 e. The number of nitrogens with one attached hydrogen (secondary N) is 1. The molecule has 0 unspecified atom stereocenters. The first-order chi connectivity index (χ1) is 16.1. The molecule has 2 aliphatic heterocycles. The lowest BCUT2D eigenvalue weighted by Gasteiger charge is -2.29. The van der Waals surface area contributed by atoms with Crippen LogP contribution in [0.3, 0.4) is 0 Å². The van der Waals surface area contributed by atoms with Gasteiger partial charge in [-0.2, -0.15) is 9.61 Å². The lowest BCUT2D eigenvalue weighted by Crippen LogP contribution is -2.37. The first-order valence-corrected chi connectivity index (χ1v) is 13.6. The van der Waals surface area contributed by atoms with Gasteiger partial charge < -0.3 is 11.1 Å². The smallest absolute Gasteiger partial charge is 0.165 e. The van der Waals surface area contributed by atoms with Crippen molar-refractivity contribution in [3.8, 4) is 21.8 Å². The molecule has 2 fully saturated rings. The molecule has 9 heteroatoms. The Balaban J connectivity index is 1.26. The zero-order valence-corrected chi connectivity index (χ0v) is 21.1. The summed E-state index contributed by atoms with van der Waals surface area (Å²) in [6.07, 6.45) is 12.1. The number of aryl methyl sites for hydroxylation is 2. The van der Waals surface area contributed by atoms with E-state index >= 15 is 0 Å². The van der Waals surface area contributed by atoms with E-state index in [4.69, 9.17) is 20.7 Å². The van der Waals surface area contributed by atoms with Gasteiger partial charge in [0, 0.05) is 40.2 Å². The van der Waals surface area contributed by atoms with Gasteiger partial charge in [-0.3, -0.25) is 4.98 Å². The number of hydrogen-bond acceptors (Lipinski definition) is 7. The highest BCUT2D eigenvalue weighted by molar-refractivity contribution is 14.1. The van der Waals surface area contributed by atoms with Crippen molar-refractivity contribution >= 4 is 45.4 Å². The fourth-order valence-electron chi connectivity index (χ4n) is 5.75. The van der Waals surface area contributed by atoms with Gasteiger partial charge in [0.05, 0.1) is 26.8 Å². The second kappa shape index (κ2) is 7.71. The molecule has 4 aromatic rings. The molecule has 2 bridgehead atoms. The average Bonchev–Trinajstić information content (AvgIpc) is 3.59. The number of anilines is 1. The third kappa shape index (κ3) is 3.30. The SMILES string of the molecule is Nc1c(I)c([C@@H]2C[C@H]3CC[C@@H](C2)N3)nc2c(-c3ccc(-c4nc5c(s4)CCC5)nc3)cnn12. The Labute approximate surface area is 209 Å². The number of fused-ring (bicyclic) bond motifs is 4. The molecule has 3 aliphatic rings. The van der Waals surface area contributed by atoms with Gasteiger partial charge in [0.25, 0.3) is 0 Å². The van der Waals surface area contributed by atoms with Gasteiger partial charge in [0.15, 0.2) is 5.65 Å². The highest BCUT2D eigenvalue weighted by Crippen LogP contribution is 2.40. The fraction of sp³-hybridized carbons (Fsp3) is 0.417. The highest BCUT2D eigenvalue weighted by Gasteiger charge is 2.36. The van der Waals surface area contributed by atoms with Crippen LogP contribution < -0.4 is 11.1 Å². The Kier molecular flexibility index (Phi) is 4.74. The second-order valence-corrected chi connectivity index (χ2v) is 11.6. The average molecular weight is 569 g/mol. The monoisotopic (exact) mass is 569 g/mol. The number of hydrogen-bond donors (Lipinski definition) is 2. The van der Waals surface area contributed by atoms with Crippen molar-refractivity contribution in [2.75, 3.05) is 5.73 Å². The molecule has 0 spiro atoms. The Hall–Kier alpha value is -2.11. The number of nitrogens with zero attached hydrogens (tertiary/aromatic N) is 5. The number of halogens is 1. The number of pyridine rings is 1. The summed E-state index contributed by atoms with van der Waals surface area (Å²) < 4.78 is 2.81. The van der Waals surface area contributed by atoms with Gasteiger partial charge in [0.1, 0.15) is 10.8 Å². The number of rotatable bonds is 3. The topological polar surface area (TPSA) is 94.0 Å². The van der Waals surface area contributed by atoms with Crippen LogP contribution in [0.5, 0.6) is 0 Å². The minimum absolute atomic E-state index is 0.443. The van der Waals surface area contributed by atoms with Crippen LogP contribution in [0.1, 0.15) is 54.3 Å². The third-order valence-electron chi connectivity index (χ3n) is 7.40. The van der Waals surface area contributed by atoms with Gasteiger partial charge in [-0.25, -0.2) is 9.97 Å². The van der Waals surface area contributed by atoms with E-state index in [1.165, 1.54) is 29.8 Å². The minimum Gasteiger partial charge on any atom is -0.383 e. The van der Waals surface area contributed by atoms with Crippen molar-refractivity contribution in [3.63, 3.8) is 0 Å². The number of aromatic nitrogens is 5. The lowest BCUT2D eigenvalue weighted by atomic mass is 9.89. The Morgan fingerprint density at radius 2 is 1.94 bits per heavy atom. The zero-order valence-electron chi connectivity index (χ0n) is 18.1. The number of piperidine rings is 1. The van der Waals surface area contributed by atoms with Crippen LogP contribution in [0.15, 0.2) is 24.5 Å². The molecule has 4 aromatic heterocycles. The van der Waals surface area contributed by atoms with E-state index in [1.807, 2.05) is 12.4 Å². The van der Waals surface area contributed by atoms with Crippen molar-refractivity contribution in [1.82, 2.24) is 29.9 Å². The molecule has 3 N–H and O–H groups in total. The van der Waals surface area contributed by atoms with E-state index in [1.54, 1.807) is 15.9 Å². The first-order valence-electron chi connectivity index (χ1n) is 11.7. The Bertz CT molecular complexity index is 1340. The van der Waals surface area contributed by atoms with Crippen LogP contribution in [-0.4, -0.2) is 36.6 Å². The Morgan fingerprint density at radius 3 is 2.70 bits per heavy atom. The summed E-state index contributed by atoms with van der Waals surface area (Å²) in [5.41, 5.74) is 12.7. The molecule has 1 aliphatic carbocycles. The van der Waals surface area contributed by atoms with E-state index in [9.17, 15) is 0 Å². The summed E-state index contributed by atoms with van der Waals surface area (Å²) in [7, 11) is 0. The molecule has 0 saturated carbocycles. The summed E-state index contributed by atoms with van der Waals surface area (Å²) in [6.45, 7) is 0. The molecule has 0 radical (unpaired) electrons. The molecule has 33 heavy (non-hydrogen) atoms. The van der Waals surface area contributed by atoms with Crippen molar-refractivity contribution in [1.29, 1.82) is 0 Å². The van der Waals surface area contributed by atoms with Crippen molar-refractivity contribution < 1.29 is 0 Å². The normalized spacial score (nSPS) is 24.0. The largest absolute Gasteiger partial charge is 0.383 e. The van der Waals surface area contributed by atoms with Gasteiger partial charge in [-0.1, -0.05) is 6.07 Å². The molecule has 3 atom stereocenters. The maximum absolute atomic E-state index is 6.55. The molecule has 7 rings (SSSR count). The van der Waals surface area contributed by atoms with Crippen LogP contribution in [0.25, 0.3) is 27.5 Å². The van der Waals surface area contributed by atoms with Crippen molar-refractivity contribution in [2.45, 2.75) is 62.9 Å². The summed E-state index contributed by atoms with van der Waals surface area (Å²) in [4.78, 5) is 16.1. The van der Waals surface area contributed by atoms with Crippen LogP contribution in [0, 0.1) is 3.57 Å². The predicted octanol–water partition coefficient (Wildman–Crippen LogP) is 4.59. The van der Waals surface area contributed by atoms with E-state index in [2.05, 4.69) is 45.1 Å². The summed E-state index contributed by atoms with van der Waals surface area (Å²) in [5, 5.41) is 9.32. The lowest BCUT2D eigenvalue weighted by molar-refractivity contribution is 0.358. The standard InChI is InChI=1S/C24H24IN7S/c25-20-21(13-8-14-5-6-15(9-13)29-14)31-23-16(11-28-32(23)22(20)26)12-4-7-18(27-10-12)24-30-17-2-1-3-19(17)33-24/h4,7,10-11,13-15,29H,1-3,5-6,8-9,26H2/t13-,14-,15+. The van der Waals surface area contributed by atoms with E-state index in [0.717, 1.165) is 62.4 Å². The van der Waals surface area contributed by atoms with Gasteiger partial charge in [0.2, 0.25) is 0 Å². The van der Waals surface area contributed by atoms with Crippen LogP contribution >= 0.6 is 33.9 Å². The van der Waals surface area contributed by atoms with Crippen molar-refractivity contribution in [3.05, 3.63) is 44.4 Å². The first kappa shape index (κ1) is 20.3. The predicted molar refractivity (Wildman–Crippen MR) is 138 cm³/mol. The summed E-state index contributed by atoms with van der Waals surface area (Å²) >= 11 is 4.13. The molecule has 168 valence electrons. The Morgan fingerprint density at radius 1 is 1.09 bits per heavy atom. The van der Waals surface area contributed by atoms with E-state index in [0.29, 0.717) is 23.8 Å². The zero-order chi connectivity index (χ0) is 22.1. The van der Waals surface area contributed by atoms with E-state index < -0.39 is 0 Å². The molecule has 6 heterocycles. The summed E-state index contributed by atoms with van der Waals surface area (Å²) in [5.74, 6) is 1.12. The van der Waals surface area contributed by atoms with Crippen LogP contribution in [-0.2, 0) is 12.8 Å². The fourth-order valence-corrected chi connectivity index (χ4v) is 7.66. The minimum atomic E-state index is 0.443. The maximum atomic E-state index is 6.55. The van der Waals surface area contributed by atoms with Crippen molar-refractivity contribution in [2.24, 2.45) is 0 Å². The van der Waals surface area contributed by atoms with Gasteiger partial charge in [-0.15, -0.1) is 11.3 Å².